The first kappa shape index (κ1) is 22.1. The number of amides is 2. The number of nitrogens with zero attached hydrogens (tertiary/aromatic N) is 2. The number of halogens is 1. The average molecular weight is 503 g/mol. The fraction of sp³-hybridized carbons (Fsp3) is 0.217. The number of anilines is 2. The highest BCUT2D eigenvalue weighted by molar-refractivity contribution is 7.92. The summed E-state index contributed by atoms with van der Waals surface area (Å²) in [6.45, 7) is 0.00129. The van der Waals surface area contributed by atoms with E-state index in [0.717, 1.165) is 16.9 Å². The van der Waals surface area contributed by atoms with Crippen LogP contribution in [-0.4, -0.2) is 31.9 Å². The highest BCUT2D eigenvalue weighted by Gasteiger charge is 2.37. The molecule has 1 N–H and O–H groups in total. The molecule has 3 heterocycles. The maximum absolute atomic E-state index is 13.6. The third-order valence-electron chi connectivity index (χ3n) is 5.91. The van der Waals surface area contributed by atoms with Gasteiger partial charge >= 0.3 is 0 Å². The molecule has 3 aromatic rings. The van der Waals surface area contributed by atoms with Crippen molar-refractivity contribution < 1.29 is 23.1 Å². The Hall–Kier alpha value is -2.72. The fourth-order valence-corrected chi connectivity index (χ4v) is 7.01. The predicted octanol–water partition coefficient (Wildman–Crippen LogP) is 3.76. The Balaban J connectivity index is 1.59. The van der Waals surface area contributed by atoms with Crippen molar-refractivity contribution in [1.29, 1.82) is 0 Å². The summed E-state index contributed by atoms with van der Waals surface area (Å²) in [5.41, 5.74) is 2.42. The van der Waals surface area contributed by atoms with E-state index in [-0.39, 0.29) is 34.2 Å². The molecule has 2 aliphatic heterocycles. The first-order chi connectivity index (χ1) is 15.8. The maximum Gasteiger partial charge on any atom is 0.266 e. The van der Waals surface area contributed by atoms with Crippen LogP contribution in [0.3, 0.4) is 0 Å². The molecule has 0 saturated carbocycles. The molecule has 33 heavy (non-hydrogen) atoms. The van der Waals surface area contributed by atoms with Gasteiger partial charge in [0.05, 0.1) is 39.9 Å². The highest BCUT2D eigenvalue weighted by atomic mass is 35.5. The number of para-hydroxylation sites is 1. The second-order valence-electron chi connectivity index (χ2n) is 7.85. The minimum atomic E-state index is -3.96. The molecule has 1 aromatic heterocycles. The normalized spacial score (nSPS) is 16.1. The molecular weight excluding hydrogens is 484 g/mol. The zero-order valence-corrected chi connectivity index (χ0v) is 19.7. The fourth-order valence-electron chi connectivity index (χ4n) is 4.35. The van der Waals surface area contributed by atoms with Crippen molar-refractivity contribution in [3.8, 4) is 0 Å². The van der Waals surface area contributed by atoms with Crippen LogP contribution in [0.4, 0.5) is 11.4 Å². The van der Waals surface area contributed by atoms with E-state index in [0.29, 0.717) is 29.1 Å². The minimum absolute atomic E-state index is 0.0128. The summed E-state index contributed by atoms with van der Waals surface area (Å²) in [7, 11) is -3.96. The molecule has 7 nitrogen and oxygen atoms in total. The molecule has 0 radical (unpaired) electrons. The summed E-state index contributed by atoms with van der Waals surface area (Å²) in [5.74, 6) is -1.12. The lowest BCUT2D eigenvalue weighted by atomic mass is 10.0. The molecule has 0 unspecified atom stereocenters. The van der Waals surface area contributed by atoms with E-state index in [1.807, 2.05) is 12.1 Å². The SMILES string of the molecule is O=C1Cc2csc(CO)c2C(=O)N1c1cc(S(=O)(=O)N2CCCc3ccccc32)ccc1Cl. The zero-order chi connectivity index (χ0) is 23.3. The molecule has 0 aliphatic carbocycles. The van der Waals surface area contributed by atoms with E-state index >= 15 is 0 Å². The number of rotatable bonds is 4. The van der Waals surface area contributed by atoms with Crippen molar-refractivity contribution in [2.75, 3.05) is 15.7 Å². The molecule has 2 amide bonds. The van der Waals surface area contributed by atoms with Gasteiger partial charge in [-0.05, 0) is 53.6 Å². The zero-order valence-electron chi connectivity index (χ0n) is 17.3. The Bertz CT molecular complexity index is 1400. The van der Waals surface area contributed by atoms with Crippen molar-refractivity contribution in [3.05, 3.63) is 74.4 Å². The van der Waals surface area contributed by atoms with Crippen molar-refractivity contribution in [2.24, 2.45) is 0 Å². The van der Waals surface area contributed by atoms with Gasteiger partial charge in [0.2, 0.25) is 5.91 Å². The molecule has 10 heteroatoms. The summed E-state index contributed by atoms with van der Waals surface area (Å²) < 4.78 is 28.5. The van der Waals surface area contributed by atoms with Gasteiger partial charge in [-0.15, -0.1) is 11.3 Å². The number of imide groups is 1. The van der Waals surface area contributed by atoms with Crippen LogP contribution < -0.4 is 9.21 Å². The van der Waals surface area contributed by atoms with Crippen molar-refractivity contribution >= 4 is 56.2 Å². The molecule has 170 valence electrons. The van der Waals surface area contributed by atoms with E-state index in [4.69, 9.17) is 11.6 Å². The number of aryl methyl sites for hydroxylation is 1. The molecule has 0 atom stereocenters. The van der Waals surface area contributed by atoms with E-state index < -0.39 is 21.8 Å². The largest absolute Gasteiger partial charge is 0.391 e. The number of fused-ring (bicyclic) bond motifs is 2. The summed E-state index contributed by atoms with van der Waals surface area (Å²) in [6.07, 6.45) is 1.44. The van der Waals surface area contributed by atoms with E-state index in [2.05, 4.69) is 0 Å². The second-order valence-corrected chi connectivity index (χ2v) is 11.1. The third-order valence-corrected chi connectivity index (χ3v) is 9.06. The van der Waals surface area contributed by atoms with Crippen LogP contribution in [-0.2, 0) is 34.3 Å². The van der Waals surface area contributed by atoms with Crippen LogP contribution in [0.15, 0.2) is 52.7 Å². The van der Waals surface area contributed by atoms with Gasteiger partial charge in [-0.25, -0.2) is 13.3 Å². The van der Waals surface area contributed by atoms with Gasteiger partial charge in [-0.2, -0.15) is 0 Å². The van der Waals surface area contributed by atoms with Gasteiger partial charge < -0.3 is 5.11 Å². The van der Waals surface area contributed by atoms with Gasteiger partial charge in [-0.3, -0.25) is 13.9 Å². The van der Waals surface area contributed by atoms with Gasteiger partial charge in [0.25, 0.3) is 15.9 Å². The summed E-state index contributed by atoms with van der Waals surface area (Å²) >= 11 is 7.56. The lowest BCUT2D eigenvalue weighted by Crippen LogP contribution is -2.43. The molecule has 0 saturated heterocycles. The van der Waals surface area contributed by atoms with E-state index in [1.54, 1.807) is 17.5 Å². The van der Waals surface area contributed by atoms with Crippen molar-refractivity contribution in [3.63, 3.8) is 0 Å². The molecule has 2 aromatic carbocycles. The van der Waals surface area contributed by atoms with Crippen LogP contribution >= 0.6 is 22.9 Å². The predicted molar refractivity (Wildman–Crippen MR) is 127 cm³/mol. The first-order valence-corrected chi connectivity index (χ1v) is 13.0. The first-order valence-electron chi connectivity index (χ1n) is 10.3. The lowest BCUT2D eigenvalue weighted by molar-refractivity contribution is -0.117. The number of hydrogen-bond acceptors (Lipinski definition) is 6. The molecule has 5 rings (SSSR count). The van der Waals surface area contributed by atoms with E-state index in [1.165, 1.54) is 33.8 Å². The summed E-state index contributed by atoms with van der Waals surface area (Å²) in [4.78, 5) is 27.4. The molecule has 0 spiro atoms. The number of hydrogen-bond donors (Lipinski definition) is 1. The maximum atomic E-state index is 13.6. The van der Waals surface area contributed by atoms with Crippen LogP contribution in [0.5, 0.6) is 0 Å². The quantitative estimate of drug-likeness (QED) is 0.548. The van der Waals surface area contributed by atoms with Crippen molar-refractivity contribution in [1.82, 2.24) is 0 Å². The number of sulfonamides is 1. The smallest absolute Gasteiger partial charge is 0.266 e. The molecular formula is C23H19ClN2O5S2. The minimum Gasteiger partial charge on any atom is -0.391 e. The van der Waals surface area contributed by atoms with Crippen LogP contribution in [0.25, 0.3) is 0 Å². The van der Waals surface area contributed by atoms with Crippen LogP contribution in [0.1, 0.15) is 32.8 Å². The summed E-state index contributed by atoms with van der Waals surface area (Å²) in [5, 5.41) is 11.4. The Morgan fingerprint density at radius 3 is 2.64 bits per heavy atom. The molecule has 0 fully saturated rings. The van der Waals surface area contributed by atoms with Gasteiger partial charge in [0.15, 0.2) is 0 Å². The van der Waals surface area contributed by atoms with Crippen molar-refractivity contribution in [2.45, 2.75) is 30.8 Å². The number of carbonyl (C=O) groups is 2. The molecule has 0 bridgehead atoms. The van der Waals surface area contributed by atoms with Gasteiger partial charge in [0.1, 0.15) is 0 Å². The highest BCUT2D eigenvalue weighted by Crippen LogP contribution is 2.38. The Kier molecular flexibility index (Phi) is 5.52. The number of carbonyl (C=O) groups excluding carboxylic acids is 2. The Morgan fingerprint density at radius 2 is 1.85 bits per heavy atom. The summed E-state index contributed by atoms with van der Waals surface area (Å²) in [6, 6.07) is 11.4. The van der Waals surface area contributed by atoms with Gasteiger partial charge in [-0.1, -0.05) is 29.8 Å². The Morgan fingerprint density at radius 1 is 1.06 bits per heavy atom. The standard InChI is InChI=1S/C23H19ClN2O5S2/c24-17-8-7-16(33(30,31)25-9-3-5-14-4-1-2-6-18(14)25)11-19(17)26-21(28)10-15-13-32-20(12-27)22(15)23(26)29/h1-2,4,6-8,11,13,27H,3,5,9-10,12H2. The van der Waals surface area contributed by atoms with Gasteiger partial charge in [0, 0.05) is 11.4 Å². The van der Waals surface area contributed by atoms with E-state index in [9.17, 15) is 23.1 Å². The second kappa shape index (κ2) is 8.25. The number of aliphatic hydroxyl groups is 1. The monoisotopic (exact) mass is 502 g/mol. The van der Waals surface area contributed by atoms with Crippen LogP contribution in [0, 0.1) is 0 Å². The Labute approximate surface area is 199 Å². The molecule has 2 aliphatic rings. The number of aliphatic hydroxyl groups excluding tert-OH is 1. The number of thiophene rings is 1. The van der Waals surface area contributed by atoms with Crippen LogP contribution in [0.2, 0.25) is 5.02 Å². The third kappa shape index (κ3) is 3.56. The average Bonchev–Trinajstić information content (AvgIpc) is 3.22. The number of benzene rings is 2. The lowest BCUT2D eigenvalue weighted by Gasteiger charge is -2.31. The topological polar surface area (TPSA) is 95.0 Å².